The van der Waals surface area contributed by atoms with Crippen LogP contribution in [-0.2, 0) is 16.0 Å². The van der Waals surface area contributed by atoms with Crippen molar-refractivity contribution in [2.75, 3.05) is 31.6 Å². The number of methoxy groups -OCH3 is 1. The highest BCUT2D eigenvalue weighted by molar-refractivity contribution is 8.26. The number of carbonyl (C=O) groups is 1. The summed E-state index contributed by atoms with van der Waals surface area (Å²) in [7, 11) is 1.63. The van der Waals surface area contributed by atoms with E-state index in [4.69, 9.17) is 26.7 Å². The van der Waals surface area contributed by atoms with Crippen molar-refractivity contribution in [3.05, 3.63) is 75.0 Å². The Balaban J connectivity index is 1.47. The van der Waals surface area contributed by atoms with E-state index in [9.17, 15) is 9.59 Å². The number of morpholine rings is 1. The van der Waals surface area contributed by atoms with E-state index in [1.165, 1.54) is 16.2 Å². The number of ether oxygens (including phenoxy) is 2. The first-order chi connectivity index (χ1) is 17.8. The quantitative estimate of drug-likeness (QED) is 0.348. The van der Waals surface area contributed by atoms with Gasteiger partial charge in [-0.2, -0.15) is 0 Å². The molecule has 2 saturated heterocycles. The number of benzene rings is 1. The molecule has 5 rings (SSSR count). The smallest absolute Gasteiger partial charge is 0.267 e. The molecule has 37 heavy (non-hydrogen) atoms. The zero-order valence-corrected chi connectivity index (χ0v) is 22.6. The lowest BCUT2D eigenvalue weighted by Gasteiger charge is -2.36. The molecule has 4 heterocycles. The van der Waals surface area contributed by atoms with Crippen LogP contribution >= 0.6 is 24.0 Å². The van der Waals surface area contributed by atoms with Gasteiger partial charge in [0.25, 0.3) is 11.5 Å². The van der Waals surface area contributed by atoms with E-state index in [1.54, 1.807) is 36.4 Å². The summed E-state index contributed by atoms with van der Waals surface area (Å²) in [5.41, 5.74) is 1.78. The first-order valence-electron chi connectivity index (χ1n) is 12.1. The summed E-state index contributed by atoms with van der Waals surface area (Å²) >= 11 is 6.76. The van der Waals surface area contributed by atoms with Crippen molar-refractivity contribution in [1.29, 1.82) is 0 Å². The number of anilines is 1. The number of aromatic nitrogens is 2. The van der Waals surface area contributed by atoms with Gasteiger partial charge in [-0.05, 0) is 56.2 Å². The number of amides is 1. The molecule has 0 spiro atoms. The van der Waals surface area contributed by atoms with E-state index in [1.807, 2.05) is 44.2 Å². The SMILES string of the molecule is COc1ccc(CCN2C(=O)C(=Cc3c(N4CC(C)OC(C)C4)nc4ccccn4c3=O)SC2=S)cc1. The van der Waals surface area contributed by atoms with Crippen molar-refractivity contribution < 1.29 is 14.3 Å². The summed E-state index contributed by atoms with van der Waals surface area (Å²) in [6, 6.07) is 13.2. The van der Waals surface area contributed by atoms with Gasteiger partial charge in [-0.1, -0.05) is 42.2 Å². The number of pyridine rings is 1. The van der Waals surface area contributed by atoms with Crippen molar-refractivity contribution >= 4 is 51.7 Å². The molecule has 2 aromatic heterocycles. The number of thioether (sulfide) groups is 1. The molecule has 0 radical (unpaired) electrons. The summed E-state index contributed by atoms with van der Waals surface area (Å²) in [5, 5.41) is 0. The minimum Gasteiger partial charge on any atom is -0.497 e. The molecular weight excluding hydrogens is 508 g/mol. The van der Waals surface area contributed by atoms with Crippen LogP contribution < -0.4 is 15.2 Å². The number of hydrogen-bond acceptors (Lipinski definition) is 8. The zero-order valence-electron chi connectivity index (χ0n) is 20.9. The minimum atomic E-state index is -0.226. The number of hydrogen-bond donors (Lipinski definition) is 0. The fourth-order valence-electron chi connectivity index (χ4n) is 4.67. The third kappa shape index (κ3) is 5.27. The van der Waals surface area contributed by atoms with Gasteiger partial charge in [-0.3, -0.25) is 18.9 Å². The van der Waals surface area contributed by atoms with Gasteiger partial charge in [0.05, 0.1) is 29.8 Å². The highest BCUT2D eigenvalue weighted by atomic mass is 32.2. The number of thiocarbonyl (C=S) groups is 1. The summed E-state index contributed by atoms with van der Waals surface area (Å²) in [5.74, 6) is 1.14. The molecule has 2 aliphatic rings. The molecule has 2 aliphatic heterocycles. The molecule has 10 heteroatoms. The van der Waals surface area contributed by atoms with Crippen molar-refractivity contribution in [2.24, 2.45) is 0 Å². The third-order valence-electron chi connectivity index (χ3n) is 6.40. The van der Waals surface area contributed by atoms with Crippen molar-refractivity contribution in [3.8, 4) is 5.75 Å². The van der Waals surface area contributed by atoms with Crippen LogP contribution in [0.5, 0.6) is 5.75 Å². The Morgan fingerprint density at radius 1 is 1.14 bits per heavy atom. The molecule has 8 nitrogen and oxygen atoms in total. The van der Waals surface area contributed by atoms with Crippen LogP contribution in [0.4, 0.5) is 5.82 Å². The van der Waals surface area contributed by atoms with Crippen LogP contribution in [0, 0.1) is 0 Å². The number of carbonyl (C=O) groups excluding carboxylic acids is 1. The first kappa shape index (κ1) is 25.4. The maximum absolute atomic E-state index is 13.6. The second kappa shape index (κ2) is 10.6. The average molecular weight is 537 g/mol. The van der Waals surface area contributed by atoms with E-state index >= 15 is 0 Å². The number of rotatable bonds is 6. The molecule has 192 valence electrons. The van der Waals surface area contributed by atoms with Gasteiger partial charge < -0.3 is 14.4 Å². The molecule has 1 aromatic carbocycles. The summed E-state index contributed by atoms with van der Waals surface area (Å²) in [6.45, 7) is 5.66. The van der Waals surface area contributed by atoms with E-state index < -0.39 is 0 Å². The van der Waals surface area contributed by atoms with Crippen LogP contribution in [0.25, 0.3) is 11.7 Å². The van der Waals surface area contributed by atoms with E-state index in [2.05, 4.69) is 4.90 Å². The monoisotopic (exact) mass is 536 g/mol. The Labute approximate surface area is 224 Å². The second-order valence-corrected chi connectivity index (χ2v) is 10.9. The van der Waals surface area contributed by atoms with Gasteiger partial charge in [0.2, 0.25) is 0 Å². The van der Waals surface area contributed by atoms with Gasteiger partial charge in [-0.25, -0.2) is 4.98 Å². The van der Waals surface area contributed by atoms with Crippen LogP contribution in [-0.4, -0.2) is 63.5 Å². The van der Waals surface area contributed by atoms with Crippen molar-refractivity contribution in [1.82, 2.24) is 14.3 Å². The molecule has 3 aromatic rings. The largest absolute Gasteiger partial charge is 0.497 e. The molecule has 0 saturated carbocycles. The lowest BCUT2D eigenvalue weighted by Crippen LogP contribution is -2.46. The Morgan fingerprint density at radius 2 is 1.86 bits per heavy atom. The minimum absolute atomic E-state index is 0.0104. The Hall–Kier alpha value is -3.21. The molecule has 0 N–H and O–H groups in total. The Kier molecular flexibility index (Phi) is 7.32. The van der Waals surface area contributed by atoms with Gasteiger partial charge >= 0.3 is 0 Å². The maximum Gasteiger partial charge on any atom is 0.267 e. The van der Waals surface area contributed by atoms with Crippen LogP contribution in [0.2, 0.25) is 0 Å². The predicted molar refractivity (Wildman–Crippen MR) is 150 cm³/mol. The van der Waals surface area contributed by atoms with Crippen molar-refractivity contribution in [2.45, 2.75) is 32.5 Å². The average Bonchev–Trinajstić information content (AvgIpc) is 3.15. The van der Waals surface area contributed by atoms with E-state index in [-0.39, 0.29) is 23.7 Å². The normalized spacial score (nSPS) is 21.3. The lowest BCUT2D eigenvalue weighted by atomic mass is 10.1. The third-order valence-corrected chi connectivity index (χ3v) is 7.78. The summed E-state index contributed by atoms with van der Waals surface area (Å²) in [6.07, 6.45) is 3.98. The highest BCUT2D eigenvalue weighted by Gasteiger charge is 2.33. The lowest BCUT2D eigenvalue weighted by molar-refractivity contribution is -0.122. The van der Waals surface area contributed by atoms with Gasteiger partial charge in [0.15, 0.2) is 0 Å². The Morgan fingerprint density at radius 3 is 2.57 bits per heavy atom. The highest BCUT2D eigenvalue weighted by Crippen LogP contribution is 2.34. The van der Waals surface area contributed by atoms with Crippen LogP contribution in [0.1, 0.15) is 25.0 Å². The molecule has 0 aliphatic carbocycles. The first-order valence-corrected chi connectivity index (χ1v) is 13.4. The molecule has 2 atom stereocenters. The molecule has 1 amide bonds. The van der Waals surface area contributed by atoms with E-state index in [0.29, 0.717) is 52.3 Å². The zero-order chi connectivity index (χ0) is 26.1. The van der Waals surface area contributed by atoms with Crippen LogP contribution in [0.3, 0.4) is 0 Å². The summed E-state index contributed by atoms with van der Waals surface area (Å²) < 4.78 is 13.1. The Bertz CT molecular complexity index is 1430. The molecule has 2 unspecified atom stereocenters. The summed E-state index contributed by atoms with van der Waals surface area (Å²) in [4.78, 5) is 35.9. The fourth-order valence-corrected chi connectivity index (χ4v) is 5.96. The van der Waals surface area contributed by atoms with Crippen LogP contribution in [0.15, 0.2) is 58.4 Å². The maximum atomic E-state index is 13.6. The second-order valence-electron chi connectivity index (χ2n) is 9.18. The predicted octanol–water partition coefficient (Wildman–Crippen LogP) is 3.76. The van der Waals surface area contributed by atoms with E-state index in [0.717, 1.165) is 11.3 Å². The number of fused-ring (bicyclic) bond motifs is 1. The van der Waals surface area contributed by atoms with Gasteiger partial charge in [0, 0.05) is 25.8 Å². The molecular formula is C27H28N4O4S2. The fraction of sp³-hybridized carbons (Fsp3) is 0.333. The topological polar surface area (TPSA) is 76.4 Å². The molecule has 0 bridgehead atoms. The number of nitrogens with zero attached hydrogens (tertiary/aromatic N) is 4. The van der Waals surface area contributed by atoms with Crippen molar-refractivity contribution in [3.63, 3.8) is 0 Å². The standard InChI is InChI=1S/C27H28N4O4S2/c1-17-15-29(16-18(2)35-17)24-21(25(32)30-12-5-4-6-23(30)28-24)14-22-26(33)31(27(36)37-22)13-11-19-7-9-20(34-3)10-8-19/h4-10,12,14,17-18H,11,13,15-16H2,1-3H3. The van der Waals surface area contributed by atoms with Gasteiger partial charge in [-0.15, -0.1) is 0 Å². The van der Waals surface area contributed by atoms with Gasteiger partial charge in [0.1, 0.15) is 21.5 Å². The molecule has 2 fully saturated rings.